The van der Waals surface area contributed by atoms with Crippen LogP contribution in [0.4, 0.5) is 4.39 Å². The minimum atomic E-state index is -0.297. The van der Waals surface area contributed by atoms with Crippen molar-refractivity contribution in [3.8, 4) is 11.6 Å². The number of rotatable bonds is 7. The Kier molecular flexibility index (Phi) is 9.59. The van der Waals surface area contributed by atoms with Gasteiger partial charge in [0.25, 0.3) is 0 Å². The van der Waals surface area contributed by atoms with E-state index in [-0.39, 0.29) is 29.8 Å². The van der Waals surface area contributed by atoms with Crippen molar-refractivity contribution >= 4 is 29.9 Å². The van der Waals surface area contributed by atoms with Gasteiger partial charge in [0, 0.05) is 44.9 Å². The van der Waals surface area contributed by atoms with Gasteiger partial charge in [0.05, 0.1) is 13.2 Å². The summed E-state index contributed by atoms with van der Waals surface area (Å²) in [5.41, 5.74) is 0.996. The lowest BCUT2D eigenvalue weighted by Gasteiger charge is -2.21. The second-order valence-electron chi connectivity index (χ2n) is 6.78. The summed E-state index contributed by atoms with van der Waals surface area (Å²) in [5, 5.41) is 3.37. The number of hydrogen-bond donors (Lipinski definition) is 1. The molecule has 29 heavy (non-hydrogen) atoms. The predicted molar refractivity (Wildman–Crippen MR) is 122 cm³/mol. The van der Waals surface area contributed by atoms with Crippen LogP contribution in [0.3, 0.4) is 0 Å². The first-order valence-electron chi connectivity index (χ1n) is 9.58. The first-order chi connectivity index (χ1) is 13.7. The van der Waals surface area contributed by atoms with E-state index in [0.717, 1.165) is 44.2 Å². The molecule has 1 unspecified atom stereocenters. The quantitative estimate of drug-likeness (QED) is 0.343. The van der Waals surface area contributed by atoms with Crippen LogP contribution in [0.25, 0.3) is 0 Å². The van der Waals surface area contributed by atoms with Crippen LogP contribution < -0.4 is 10.1 Å². The van der Waals surface area contributed by atoms with Gasteiger partial charge in [-0.1, -0.05) is 0 Å². The molecule has 1 fully saturated rings. The average molecular weight is 514 g/mol. The number of hydrogen-bond acceptors (Lipinski definition) is 4. The predicted octanol–water partition coefficient (Wildman–Crippen LogP) is 4.06. The maximum atomic E-state index is 13.0. The normalized spacial score (nSPS) is 16.4. The molecule has 1 aliphatic rings. The number of nitrogens with zero attached hydrogens (tertiary/aromatic N) is 3. The molecule has 1 saturated heterocycles. The van der Waals surface area contributed by atoms with Crippen molar-refractivity contribution in [1.29, 1.82) is 0 Å². The van der Waals surface area contributed by atoms with Crippen LogP contribution in [0.1, 0.15) is 18.9 Å². The highest BCUT2D eigenvalue weighted by atomic mass is 127. The monoisotopic (exact) mass is 514 g/mol. The second kappa shape index (κ2) is 11.9. The fraction of sp³-hybridized carbons (Fsp3) is 0.429. The van der Waals surface area contributed by atoms with Gasteiger partial charge in [0.2, 0.25) is 5.88 Å². The second-order valence-corrected chi connectivity index (χ2v) is 6.78. The van der Waals surface area contributed by atoms with Crippen LogP contribution in [-0.2, 0) is 11.3 Å². The lowest BCUT2D eigenvalue weighted by Crippen LogP contribution is -2.40. The third-order valence-corrected chi connectivity index (χ3v) is 4.57. The van der Waals surface area contributed by atoms with Gasteiger partial charge < -0.3 is 19.7 Å². The first kappa shape index (κ1) is 23.3. The highest BCUT2D eigenvalue weighted by Gasteiger charge is 2.24. The summed E-state index contributed by atoms with van der Waals surface area (Å²) in [7, 11) is 1.75. The molecular formula is C21H28FIN4O2. The molecule has 0 radical (unpaired) electrons. The number of pyridine rings is 1. The summed E-state index contributed by atoms with van der Waals surface area (Å²) in [5.74, 6) is 2.17. The molecule has 1 atom stereocenters. The van der Waals surface area contributed by atoms with E-state index in [1.807, 2.05) is 12.1 Å². The third kappa shape index (κ3) is 7.11. The van der Waals surface area contributed by atoms with Gasteiger partial charge in [-0.05, 0) is 49.2 Å². The molecule has 0 aliphatic carbocycles. The number of methoxy groups -OCH3 is 1. The first-order valence-corrected chi connectivity index (χ1v) is 9.58. The van der Waals surface area contributed by atoms with Gasteiger partial charge in [-0.25, -0.2) is 14.4 Å². The Balaban J connectivity index is 0.00000300. The zero-order valence-electron chi connectivity index (χ0n) is 16.8. The number of likely N-dealkylation sites (tertiary alicyclic amines) is 1. The van der Waals surface area contributed by atoms with E-state index in [2.05, 4.69) is 22.1 Å². The van der Waals surface area contributed by atoms with Crippen molar-refractivity contribution in [3.05, 3.63) is 54.0 Å². The maximum Gasteiger partial charge on any atom is 0.219 e. The molecule has 3 rings (SSSR count). The molecule has 158 valence electrons. The molecule has 6 nitrogen and oxygen atoms in total. The van der Waals surface area contributed by atoms with Crippen molar-refractivity contribution < 1.29 is 13.9 Å². The third-order valence-electron chi connectivity index (χ3n) is 4.57. The van der Waals surface area contributed by atoms with E-state index < -0.39 is 0 Å². The number of guanidine groups is 1. The molecule has 2 heterocycles. The number of nitrogens with one attached hydrogen (secondary N) is 1. The minimum absolute atomic E-state index is 0. The Morgan fingerprint density at radius 1 is 1.31 bits per heavy atom. The summed E-state index contributed by atoms with van der Waals surface area (Å²) in [6.45, 7) is 6.13. The van der Waals surface area contributed by atoms with Crippen LogP contribution in [-0.4, -0.2) is 49.2 Å². The number of halogens is 2. The molecule has 1 N–H and O–H groups in total. The molecule has 1 aliphatic heterocycles. The topological polar surface area (TPSA) is 59.0 Å². The zero-order chi connectivity index (χ0) is 19.8. The fourth-order valence-electron chi connectivity index (χ4n) is 3.22. The number of benzene rings is 1. The van der Waals surface area contributed by atoms with Gasteiger partial charge >= 0.3 is 0 Å². The molecular weight excluding hydrogens is 486 g/mol. The maximum absolute atomic E-state index is 13.0. The van der Waals surface area contributed by atoms with Crippen molar-refractivity contribution in [2.24, 2.45) is 10.9 Å². The highest BCUT2D eigenvalue weighted by molar-refractivity contribution is 14.0. The van der Waals surface area contributed by atoms with Crippen molar-refractivity contribution in [3.63, 3.8) is 0 Å². The smallest absolute Gasteiger partial charge is 0.219 e. The highest BCUT2D eigenvalue weighted by Crippen LogP contribution is 2.21. The Morgan fingerprint density at radius 3 is 2.83 bits per heavy atom. The van der Waals surface area contributed by atoms with E-state index in [1.54, 1.807) is 25.4 Å². The lowest BCUT2D eigenvalue weighted by molar-refractivity contribution is 0.157. The number of ether oxygens (including phenoxy) is 2. The van der Waals surface area contributed by atoms with E-state index >= 15 is 0 Å². The molecule has 8 heteroatoms. The van der Waals surface area contributed by atoms with Gasteiger partial charge in [-0.2, -0.15) is 0 Å². The molecule has 0 bridgehead atoms. The summed E-state index contributed by atoms with van der Waals surface area (Å²) < 4.78 is 24.0. The van der Waals surface area contributed by atoms with Gasteiger partial charge in [0.15, 0.2) is 5.96 Å². The molecule has 0 saturated carbocycles. The molecule has 1 aromatic carbocycles. The summed E-state index contributed by atoms with van der Waals surface area (Å²) in [6.07, 6.45) is 2.81. The SMILES string of the molecule is CCNC(=NCc1ccnc(Oc2ccc(F)cc2)c1)N1CCC(COC)C1.I. The summed E-state index contributed by atoms with van der Waals surface area (Å²) >= 11 is 0. The summed E-state index contributed by atoms with van der Waals surface area (Å²) in [4.78, 5) is 11.3. The Hall–Kier alpha value is -1.94. The van der Waals surface area contributed by atoms with E-state index in [1.165, 1.54) is 12.1 Å². The van der Waals surface area contributed by atoms with Crippen LogP contribution in [0.5, 0.6) is 11.6 Å². The van der Waals surface area contributed by atoms with Crippen molar-refractivity contribution in [2.75, 3.05) is 33.4 Å². The molecule has 0 amide bonds. The standard InChI is InChI=1S/C21H27FN4O2.HI/c1-3-23-21(26-11-9-17(14-26)15-27-2)25-13-16-8-10-24-20(12-16)28-19-6-4-18(22)5-7-19;/h4-8,10,12,17H,3,9,11,13-15H2,1-2H3,(H,23,25);1H. The Labute approximate surface area is 188 Å². The van der Waals surface area contributed by atoms with Crippen LogP contribution >= 0.6 is 24.0 Å². The van der Waals surface area contributed by atoms with Crippen LogP contribution in [0.2, 0.25) is 0 Å². The van der Waals surface area contributed by atoms with Crippen LogP contribution in [0.15, 0.2) is 47.6 Å². The zero-order valence-corrected chi connectivity index (χ0v) is 19.1. The fourth-order valence-corrected chi connectivity index (χ4v) is 3.22. The lowest BCUT2D eigenvalue weighted by atomic mass is 10.1. The molecule has 0 spiro atoms. The molecule has 2 aromatic rings. The van der Waals surface area contributed by atoms with Gasteiger partial charge in [-0.3, -0.25) is 0 Å². The van der Waals surface area contributed by atoms with E-state index in [9.17, 15) is 4.39 Å². The number of aromatic nitrogens is 1. The van der Waals surface area contributed by atoms with E-state index in [0.29, 0.717) is 24.1 Å². The average Bonchev–Trinajstić information content (AvgIpc) is 3.16. The van der Waals surface area contributed by atoms with Crippen molar-refractivity contribution in [1.82, 2.24) is 15.2 Å². The number of aliphatic imine (C=N–C) groups is 1. The summed E-state index contributed by atoms with van der Waals surface area (Å²) in [6, 6.07) is 9.65. The Morgan fingerprint density at radius 2 is 2.10 bits per heavy atom. The Bertz CT molecular complexity index is 789. The minimum Gasteiger partial charge on any atom is -0.439 e. The van der Waals surface area contributed by atoms with Crippen molar-refractivity contribution in [2.45, 2.75) is 19.9 Å². The molecule has 1 aromatic heterocycles. The largest absolute Gasteiger partial charge is 0.439 e. The van der Waals surface area contributed by atoms with Gasteiger partial charge in [0.1, 0.15) is 11.6 Å². The van der Waals surface area contributed by atoms with Crippen LogP contribution in [0, 0.1) is 11.7 Å². The van der Waals surface area contributed by atoms with E-state index in [4.69, 9.17) is 14.5 Å². The van der Waals surface area contributed by atoms with Gasteiger partial charge in [-0.15, -0.1) is 24.0 Å².